The Kier molecular flexibility index (Phi) is 6.22. The van der Waals surface area contributed by atoms with Crippen LogP contribution in [0, 0.1) is 0 Å². The van der Waals surface area contributed by atoms with Crippen LogP contribution < -0.4 is 10.2 Å². The number of nitrogens with zero attached hydrogens (tertiary/aromatic N) is 6. The molecule has 0 spiro atoms. The van der Waals surface area contributed by atoms with Crippen LogP contribution in [0.5, 0.6) is 0 Å². The number of aliphatic hydroxyl groups excluding tert-OH is 1. The minimum Gasteiger partial charge on any atom is -0.444 e. The number of hydrogen-bond donors (Lipinski definition) is 2. The molecule has 2 aliphatic rings. The van der Waals surface area contributed by atoms with Crippen LogP contribution in [0.25, 0.3) is 28.4 Å². The zero-order valence-corrected chi connectivity index (χ0v) is 22.5. The maximum atomic E-state index is 12.6. The molecule has 1 unspecified atom stereocenters. The largest absolute Gasteiger partial charge is 0.444 e. The Bertz CT molecular complexity index is 1490. The Balaban J connectivity index is 1.39. The molecule has 4 aromatic rings. The van der Waals surface area contributed by atoms with Gasteiger partial charge in [0.2, 0.25) is 5.95 Å². The number of rotatable bonds is 5. The molecule has 1 saturated heterocycles. The lowest BCUT2D eigenvalue weighted by Gasteiger charge is -2.43. The molecule has 202 valence electrons. The number of pyridine rings is 1. The third-order valence-corrected chi connectivity index (χ3v) is 7.35. The number of imidazole rings is 1. The lowest BCUT2D eigenvalue weighted by molar-refractivity contribution is 0.0377. The van der Waals surface area contributed by atoms with Gasteiger partial charge in [-0.1, -0.05) is 18.2 Å². The average Bonchev–Trinajstić information content (AvgIpc) is 3.49. The Morgan fingerprint density at radius 3 is 2.51 bits per heavy atom. The quantitative estimate of drug-likeness (QED) is 0.393. The maximum Gasteiger partial charge on any atom is 0.408 e. The van der Waals surface area contributed by atoms with Crippen LogP contribution in [0.3, 0.4) is 0 Å². The van der Waals surface area contributed by atoms with Gasteiger partial charge in [0.15, 0.2) is 11.5 Å². The standard InChI is InChI=1S/C29H33N7O3/c1-28(2,3)39-27(38)34-29(13-6-14-29)19-8-10-20(11-9-19)36-24(22-7-4-5-15-30-22)32-23-17-31-26(33-25(23)36)35-16-12-21(37)18-35/h4-5,7-11,15,17,21,37H,6,12-14,16,18H2,1-3H3,(H,34,38). The molecule has 3 aromatic heterocycles. The van der Waals surface area contributed by atoms with Crippen molar-refractivity contribution in [1.82, 2.24) is 29.8 Å². The molecular weight excluding hydrogens is 494 g/mol. The summed E-state index contributed by atoms with van der Waals surface area (Å²) in [5, 5.41) is 13.2. The number of carbonyl (C=O) groups is 1. The van der Waals surface area contributed by atoms with Crippen molar-refractivity contribution >= 4 is 23.2 Å². The average molecular weight is 528 g/mol. The molecule has 1 atom stereocenters. The second-order valence-electron chi connectivity index (χ2n) is 11.4. The molecule has 1 aliphatic heterocycles. The summed E-state index contributed by atoms with van der Waals surface area (Å²) >= 11 is 0. The minimum absolute atomic E-state index is 0.376. The van der Waals surface area contributed by atoms with E-state index in [2.05, 4.69) is 27.4 Å². The Labute approximate surface area is 227 Å². The molecule has 10 nitrogen and oxygen atoms in total. The summed E-state index contributed by atoms with van der Waals surface area (Å²) < 4.78 is 7.54. The third-order valence-electron chi connectivity index (χ3n) is 7.35. The Morgan fingerprint density at radius 1 is 1.10 bits per heavy atom. The number of hydrogen-bond acceptors (Lipinski definition) is 8. The number of amides is 1. The highest BCUT2D eigenvalue weighted by Gasteiger charge is 2.41. The number of fused-ring (bicyclic) bond motifs is 1. The zero-order chi connectivity index (χ0) is 27.2. The van der Waals surface area contributed by atoms with Gasteiger partial charge in [0.05, 0.1) is 17.8 Å². The molecule has 1 aromatic carbocycles. The van der Waals surface area contributed by atoms with E-state index in [-0.39, 0.29) is 6.10 Å². The molecule has 0 bridgehead atoms. The number of alkyl carbamates (subject to hydrolysis) is 1. The number of aromatic nitrogens is 5. The third kappa shape index (κ3) is 4.92. The lowest BCUT2D eigenvalue weighted by atomic mass is 9.72. The summed E-state index contributed by atoms with van der Waals surface area (Å²) in [6.07, 6.45) is 6.15. The Morgan fingerprint density at radius 2 is 1.90 bits per heavy atom. The molecular formula is C29H33N7O3. The summed E-state index contributed by atoms with van der Waals surface area (Å²) in [6, 6.07) is 13.9. The Hall–Kier alpha value is -4.05. The normalized spacial score (nSPS) is 18.7. The van der Waals surface area contributed by atoms with Gasteiger partial charge < -0.3 is 20.1 Å². The smallest absolute Gasteiger partial charge is 0.408 e. The van der Waals surface area contributed by atoms with Crippen LogP contribution in [0.4, 0.5) is 10.7 Å². The van der Waals surface area contributed by atoms with Gasteiger partial charge in [0, 0.05) is 25.0 Å². The lowest BCUT2D eigenvalue weighted by Crippen LogP contribution is -2.52. The fourth-order valence-electron chi connectivity index (χ4n) is 5.30. The summed E-state index contributed by atoms with van der Waals surface area (Å²) in [5.41, 5.74) is 2.96. The van der Waals surface area contributed by atoms with E-state index in [0.717, 1.165) is 36.2 Å². The fourth-order valence-corrected chi connectivity index (χ4v) is 5.30. The molecule has 1 aliphatic carbocycles. The molecule has 0 radical (unpaired) electrons. The van der Waals surface area contributed by atoms with E-state index in [1.807, 2.05) is 60.6 Å². The van der Waals surface area contributed by atoms with Gasteiger partial charge in [0.25, 0.3) is 0 Å². The second-order valence-corrected chi connectivity index (χ2v) is 11.4. The molecule has 1 amide bonds. The van der Waals surface area contributed by atoms with Crippen LogP contribution in [-0.4, -0.2) is 60.5 Å². The first kappa shape index (κ1) is 25.2. The SMILES string of the molecule is CC(C)(C)OC(=O)NC1(c2ccc(-n3c(-c4ccccn4)nc4cnc(N5CCC(O)C5)nc43)cc2)CCC1. The zero-order valence-electron chi connectivity index (χ0n) is 22.5. The van der Waals surface area contributed by atoms with E-state index in [4.69, 9.17) is 14.7 Å². The highest BCUT2D eigenvalue weighted by molar-refractivity contribution is 5.79. The first-order valence-electron chi connectivity index (χ1n) is 13.4. The number of benzene rings is 1. The van der Waals surface area contributed by atoms with Gasteiger partial charge in [-0.05, 0) is 76.3 Å². The maximum absolute atomic E-state index is 12.6. The summed E-state index contributed by atoms with van der Waals surface area (Å²) in [5.74, 6) is 1.23. The molecule has 1 saturated carbocycles. The van der Waals surface area contributed by atoms with Crippen molar-refractivity contribution in [3.63, 3.8) is 0 Å². The summed E-state index contributed by atoms with van der Waals surface area (Å²) in [7, 11) is 0. The van der Waals surface area contributed by atoms with Crippen LogP contribution in [0.15, 0.2) is 54.9 Å². The van der Waals surface area contributed by atoms with Crippen molar-refractivity contribution in [3.8, 4) is 17.2 Å². The molecule has 2 fully saturated rings. The van der Waals surface area contributed by atoms with Crippen LogP contribution in [-0.2, 0) is 10.3 Å². The van der Waals surface area contributed by atoms with Crippen LogP contribution >= 0.6 is 0 Å². The van der Waals surface area contributed by atoms with E-state index in [1.165, 1.54) is 0 Å². The van der Waals surface area contributed by atoms with Crippen molar-refractivity contribution in [2.45, 2.75) is 63.7 Å². The molecule has 2 N–H and O–H groups in total. The molecule has 10 heteroatoms. The van der Waals surface area contributed by atoms with Crippen molar-refractivity contribution in [3.05, 3.63) is 60.4 Å². The molecule has 6 rings (SSSR count). The number of nitrogens with one attached hydrogen (secondary N) is 1. The van der Waals surface area contributed by atoms with Gasteiger partial charge in [-0.2, -0.15) is 4.98 Å². The first-order chi connectivity index (χ1) is 18.7. The predicted octanol–water partition coefficient (Wildman–Crippen LogP) is 4.35. The van der Waals surface area contributed by atoms with Gasteiger partial charge in [-0.15, -0.1) is 0 Å². The molecule has 39 heavy (non-hydrogen) atoms. The van der Waals surface area contributed by atoms with Crippen LogP contribution in [0.1, 0.15) is 52.0 Å². The fraction of sp³-hybridized carbons (Fsp3) is 0.414. The van der Waals surface area contributed by atoms with E-state index >= 15 is 0 Å². The highest BCUT2D eigenvalue weighted by atomic mass is 16.6. The van der Waals surface area contributed by atoms with Crippen molar-refractivity contribution in [2.75, 3.05) is 18.0 Å². The first-order valence-corrected chi connectivity index (χ1v) is 13.4. The predicted molar refractivity (Wildman–Crippen MR) is 148 cm³/mol. The van der Waals surface area contributed by atoms with Gasteiger partial charge in [0.1, 0.15) is 16.8 Å². The van der Waals surface area contributed by atoms with E-state index in [0.29, 0.717) is 42.4 Å². The number of carbonyl (C=O) groups excluding carboxylic acids is 1. The van der Waals surface area contributed by atoms with E-state index in [9.17, 15) is 9.90 Å². The highest BCUT2D eigenvalue weighted by Crippen LogP contribution is 2.42. The van der Waals surface area contributed by atoms with E-state index in [1.54, 1.807) is 12.4 Å². The van der Waals surface area contributed by atoms with Crippen LogP contribution in [0.2, 0.25) is 0 Å². The second kappa shape index (κ2) is 9.60. The van der Waals surface area contributed by atoms with Gasteiger partial charge >= 0.3 is 6.09 Å². The number of ether oxygens (including phenoxy) is 1. The number of aliphatic hydroxyl groups is 1. The topological polar surface area (TPSA) is 118 Å². The van der Waals surface area contributed by atoms with Crippen molar-refractivity contribution in [2.24, 2.45) is 0 Å². The van der Waals surface area contributed by atoms with E-state index < -0.39 is 17.2 Å². The summed E-state index contributed by atoms with van der Waals surface area (Å²) in [4.78, 5) is 33.4. The monoisotopic (exact) mass is 527 g/mol. The van der Waals surface area contributed by atoms with Crippen molar-refractivity contribution in [1.29, 1.82) is 0 Å². The minimum atomic E-state index is -0.558. The van der Waals surface area contributed by atoms with Crippen molar-refractivity contribution < 1.29 is 14.6 Å². The number of β-amino-alcohol motifs (C(OH)–C–C–N with tert-alkyl or cyclic N) is 1. The van der Waals surface area contributed by atoms with Gasteiger partial charge in [-0.25, -0.2) is 14.8 Å². The molecule has 4 heterocycles. The summed E-state index contributed by atoms with van der Waals surface area (Å²) in [6.45, 7) is 6.81. The number of anilines is 1. The van der Waals surface area contributed by atoms with Gasteiger partial charge in [-0.3, -0.25) is 9.55 Å².